The molecule has 0 unspecified atom stereocenters. The van der Waals surface area contributed by atoms with Crippen molar-refractivity contribution in [3.8, 4) is 17.2 Å². The number of rotatable bonds is 8. The molecule has 0 saturated heterocycles. The van der Waals surface area contributed by atoms with E-state index in [0.29, 0.717) is 12.5 Å². The standard InChI is InChI=1S/C23H31N3O3/c1-16(2)28-20-13-11-18(12-14-20)26-23(24)25-15-17-7-6-10-21(27-3)22(17)29-19-8-4-5-9-19/h6-7,10-14,16,19H,4-5,8-9,15H2,1-3H3,(H3,24,25,26). The van der Waals surface area contributed by atoms with Crippen molar-refractivity contribution in [2.45, 2.75) is 58.3 Å². The molecule has 1 saturated carbocycles. The Bertz CT molecular complexity index is 813. The van der Waals surface area contributed by atoms with Crippen LogP contribution in [0.1, 0.15) is 45.1 Å². The van der Waals surface area contributed by atoms with Crippen LogP contribution in [0.3, 0.4) is 0 Å². The summed E-state index contributed by atoms with van der Waals surface area (Å²) in [5.41, 5.74) is 7.91. The Morgan fingerprint density at radius 3 is 2.52 bits per heavy atom. The Labute approximate surface area is 173 Å². The summed E-state index contributed by atoms with van der Waals surface area (Å²) in [7, 11) is 1.66. The zero-order chi connectivity index (χ0) is 20.6. The minimum Gasteiger partial charge on any atom is -0.493 e. The van der Waals surface area contributed by atoms with E-state index >= 15 is 0 Å². The number of nitrogens with one attached hydrogen (secondary N) is 1. The molecule has 0 aromatic heterocycles. The van der Waals surface area contributed by atoms with Gasteiger partial charge in [-0.05, 0) is 69.9 Å². The highest BCUT2D eigenvalue weighted by atomic mass is 16.5. The monoisotopic (exact) mass is 397 g/mol. The summed E-state index contributed by atoms with van der Waals surface area (Å²) >= 11 is 0. The fourth-order valence-electron chi connectivity index (χ4n) is 3.40. The fraction of sp³-hybridized carbons (Fsp3) is 0.435. The van der Waals surface area contributed by atoms with E-state index in [-0.39, 0.29) is 12.2 Å². The smallest absolute Gasteiger partial charge is 0.193 e. The third-order valence-electron chi connectivity index (χ3n) is 4.79. The number of hydrogen-bond acceptors (Lipinski definition) is 4. The van der Waals surface area contributed by atoms with E-state index in [1.165, 1.54) is 12.8 Å². The maximum Gasteiger partial charge on any atom is 0.193 e. The molecule has 0 radical (unpaired) electrons. The molecule has 0 aliphatic heterocycles. The van der Waals surface area contributed by atoms with Crippen molar-refractivity contribution < 1.29 is 14.2 Å². The molecule has 6 heteroatoms. The van der Waals surface area contributed by atoms with Gasteiger partial charge in [-0.15, -0.1) is 0 Å². The van der Waals surface area contributed by atoms with Gasteiger partial charge in [0.1, 0.15) is 5.75 Å². The molecule has 0 atom stereocenters. The summed E-state index contributed by atoms with van der Waals surface area (Å²) in [6, 6.07) is 13.5. The van der Waals surface area contributed by atoms with Crippen molar-refractivity contribution in [3.63, 3.8) is 0 Å². The van der Waals surface area contributed by atoms with Crippen LogP contribution in [0.15, 0.2) is 47.5 Å². The minimum absolute atomic E-state index is 0.143. The van der Waals surface area contributed by atoms with Crippen molar-refractivity contribution in [3.05, 3.63) is 48.0 Å². The lowest BCUT2D eigenvalue weighted by Gasteiger charge is -2.18. The first kappa shape index (κ1) is 20.8. The summed E-state index contributed by atoms with van der Waals surface area (Å²) < 4.78 is 17.4. The number of para-hydroxylation sites is 1. The molecule has 2 aromatic rings. The molecular weight excluding hydrogens is 366 g/mol. The Balaban J connectivity index is 1.66. The third kappa shape index (κ3) is 6.04. The summed E-state index contributed by atoms with van der Waals surface area (Å²) in [6.07, 6.45) is 4.98. The average Bonchev–Trinajstić information content (AvgIpc) is 3.21. The number of anilines is 1. The van der Waals surface area contributed by atoms with Crippen molar-refractivity contribution in [1.82, 2.24) is 0 Å². The van der Waals surface area contributed by atoms with Crippen molar-refractivity contribution in [2.24, 2.45) is 10.7 Å². The van der Waals surface area contributed by atoms with Crippen LogP contribution in [0.5, 0.6) is 17.2 Å². The van der Waals surface area contributed by atoms with Gasteiger partial charge in [-0.3, -0.25) is 0 Å². The number of methoxy groups -OCH3 is 1. The maximum absolute atomic E-state index is 6.25. The van der Waals surface area contributed by atoms with E-state index in [9.17, 15) is 0 Å². The van der Waals surface area contributed by atoms with Gasteiger partial charge in [0, 0.05) is 11.3 Å². The summed E-state index contributed by atoms with van der Waals surface area (Å²) in [6.45, 7) is 4.41. The quantitative estimate of drug-likeness (QED) is 0.497. The van der Waals surface area contributed by atoms with Crippen molar-refractivity contribution in [1.29, 1.82) is 0 Å². The zero-order valence-electron chi connectivity index (χ0n) is 17.5. The normalized spacial score (nSPS) is 14.8. The second-order valence-corrected chi connectivity index (χ2v) is 7.49. The molecule has 0 amide bonds. The highest BCUT2D eigenvalue weighted by Crippen LogP contribution is 2.35. The second kappa shape index (κ2) is 10.0. The number of guanidine groups is 1. The third-order valence-corrected chi connectivity index (χ3v) is 4.79. The molecule has 0 bridgehead atoms. The van der Waals surface area contributed by atoms with Crippen LogP contribution in [-0.2, 0) is 6.54 Å². The molecule has 6 nitrogen and oxygen atoms in total. The maximum atomic E-state index is 6.25. The van der Waals surface area contributed by atoms with Crippen LogP contribution in [0.2, 0.25) is 0 Å². The lowest BCUT2D eigenvalue weighted by Crippen LogP contribution is -2.22. The fourth-order valence-corrected chi connectivity index (χ4v) is 3.40. The van der Waals surface area contributed by atoms with E-state index < -0.39 is 0 Å². The van der Waals surface area contributed by atoms with Crippen molar-refractivity contribution in [2.75, 3.05) is 12.4 Å². The number of hydrogen-bond donors (Lipinski definition) is 2. The SMILES string of the molecule is COc1cccc(CN=C(N)Nc2ccc(OC(C)C)cc2)c1OC1CCCC1. The van der Waals surface area contributed by atoms with Crippen molar-refractivity contribution >= 4 is 11.6 Å². The molecule has 0 spiro atoms. The highest BCUT2D eigenvalue weighted by Gasteiger charge is 2.20. The Morgan fingerprint density at radius 2 is 1.86 bits per heavy atom. The molecular formula is C23H31N3O3. The summed E-state index contributed by atoms with van der Waals surface area (Å²) in [5.74, 6) is 2.67. The van der Waals surface area contributed by atoms with Gasteiger partial charge in [-0.2, -0.15) is 0 Å². The topological polar surface area (TPSA) is 78.1 Å². The van der Waals surface area contributed by atoms with Crippen LogP contribution in [0.4, 0.5) is 5.69 Å². The average molecular weight is 398 g/mol. The molecule has 1 aliphatic carbocycles. The van der Waals surface area contributed by atoms with Gasteiger partial charge in [0.25, 0.3) is 0 Å². The van der Waals surface area contributed by atoms with Gasteiger partial charge in [0.05, 0.1) is 25.9 Å². The van der Waals surface area contributed by atoms with Crippen LogP contribution < -0.4 is 25.3 Å². The number of aliphatic imine (C=N–C) groups is 1. The van der Waals surface area contributed by atoms with E-state index in [2.05, 4.69) is 10.3 Å². The first-order valence-corrected chi connectivity index (χ1v) is 10.2. The number of nitrogens with zero attached hydrogens (tertiary/aromatic N) is 1. The number of ether oxygens (including phenoxy) is 3. The van der Waals surface area contributed by atoms with Gasteiger partial charge >= 0.3 is 0 Å². The van der Waals surface area contributed by atoms with Gasteiger partial charge in [-0.1, -0.05) is 12.1 Å². The van der Waals surface area contributed by atoms with Crippen LogP contribution in [-0.4, -0.2) is 25.3 Å². The molecule has 1 fully saturated rings. The number of benzene rings is 2. The largest absolute Gasteiger partial charge is 0.493 e. The Kier molecular flexibility index (Phi) is 7.22. The predicted octanol–water partition coefficient (Wildman–Crippen LogP) is 4.73. The van der Waals surface area contributed by atoms with Crippen LogP contribution >= 0.6 is 0 Å². The van der Waals surface area contributed by atoms with E-state index in [0.717, 1.165) is 41.3 Å². The highest BCUT2D eigenvalue weighted by molar-refractivity contribution is 5.92. The first-order chi connectivity index (χ1) is 14.0. The van der Waals surface area contributed by atoms with Gasteiger partial charge < -0.3 is 25.3 Å². The van der Waals surface area contributed by atoms with E-state index in [1.54, 1.807) is 7.11 Å². The van der Waals surface area contributed by atoms with E-state index in [1.807, 2.05) is 56.3 Å². The molecule has 0 heterocycles. The first-order valence-electron chi connectivity index (χ1n) is 10.2. The lowest BCUT2D eigenvalue weighted by atomic mass is 10.1. The van der Waals surface area contributed by atoms with Gasteiger partial charge in [0.15, 0.2) is 17.5 Å². The molecule has 3 N–H and O–H groups in total. The molecule has 1 aliphatic rings. The summed E-state index contributed by atoms with van der Waals surface area (Å²) in [5, 5.41) is 3.11. The summed E-state index contributed by atoms with van der Waals surface area (Å²) in [4.78, 5) is 4.49. The Morgan fingerprint density at radius 1 is 1.14 bits per heavy atom. The van der Waals surface area contributed by atoms with Crippen LogP contribution in [0, 0.1) is 0 Å². The molecule has 3 rings (SSSR count). The predicted molar refractivity (Wildman–Crippen MR) is 117 cm³/mol. The number of nitrogens with two attached hydrogens (primary N) is 1. The Hall–Kier alpha value is -2.89. The second-order valence-electron chi connectivity index (χ2n) is 7.49. The van der Waals surface area contributed by atoms with Crippen LogP contribution in [0.25, 0.3) is 0 Å². The minimum atomic E-state index is 0.143. The van der Waals surface area contributed by atoms with E-state index in [4.69, 9.17) is 19.9 Å². The van der Waals surface area contributed by atoms with Gasteiger partial charge in [-0.25, -0.2) is 4.99 Å². The molecule has 156 valence electrons. The molecule has 29 heavy (non-hydrogen) atoms. The van der Waals surface area contributed by atoms with Gasteiger partial charge in [0.2, 0.25) is 0 Å². The lowest BCUT2D eigenvalue weighted by molar-refractivity contribution is 0.198. The molecule has 2 aromatic carbocycles. The zero-order valence-corrected chi connectivity index (χ0v) is 17.5.